The average molecular weight is 272 g/mol. The fourth-order valence-corrected chi connectivity index (χ4v) is 2.02. The summed E-state index contributed by atoms with van der Waals surface area (Å²) in [5.41, 5.74) is -0.590. The first-order chi connectivity index (χ1) is 8.85. The molecule has 0 saturated heterocycles. The van der Waals surface area contributed by atoms with Gasteiger partial charge in [0.25, 0.3) is 11.8 Å². The van der Waals surface area contributed by atoms with Crippen LogP contribution in [0, 0.1) is 0 Å². The first kappa shape index (κ1) is 13.4. The predicted molar refractivity (Wildman–Crippen MR) is 61.8 cm³/mol. The minimum atomic E-state index is -4.66. The van der Waals surface area contributed by atoms with E-state index in [-0.39, 0.29) is 23.4 Å². The van der Waals surface area contributed by atoms with Gasteiger partial charge in [-0.2, -0.15) is 13.2 Å². The number of carbonyl (C=O) groups is 2. The Bertz CT molecular complexity index is 540. The second-order valence-corrected chi connectivity index (χ2v) is 4.11. The highest BCUT2D eigenvalue weighted by molar-refractivity contribution is 6.23. The first-order valence-corrected chi connectivity index (χ1v) is 5.69. The van der Waals surface area contributed by atoms with Crippen molar-refractivity contribution in [1.29, 1.82) is 0 Å². The van der Waals surface area contributed by atoms with E-state index >= 15 is 0 Å². The number of anilines is 1. The molecule has 4 nitrogen and oxygen atoms in total. The summed E-state index contributed by atoms with van der Waals surface area (Å²) in [5.74, 6) is -1.23. The molecule has 0 aliphatic carbocycles. The molecule has 1 aromatic rings. The maximum Gasteiger partial charge on any atom is 0.482 e. The molecule has 7 heteroatoms. The number of carbonyl (C=O) groups excluding carboxylic acids is 2. The van der Waals surface area contributed by atoms with Crippen molar-refractivity contribution in [2.45, 2.75) is 19.6 Å². The summed E-state index contributed by atoms with van der Waals surface area (Å²) >= 11 is 0. The minimum absolute atomic E-state index is 0.00713. The lowest BCUT2D eigenvalue weighted by Gasteiger charge is -2.13. The molecule has 0 atom stereocenters. The van der Waals surface area contributed by atoms with Crippen LogP contribution in [0.1, 0.15) is 34.1 Å². The topological polar surface area (TPSA) is 49.4 Å². The van der Waals surface area contributed by atoms with Crippen molar-refractivity contribution >= 4 is 17.5 Å². The third-order valence-electron chi connectivity index (χ3n) is 2.72. The van der Waals surface area contributed by atoms with Gasteiger partial charge >= 0.3 is 6.30 Å². The molecule has 1 aliphatic heterocycles. The average Bonchev–Trinajstić information content (AvgIpc) is 2.54. The predicted octanol–water partition coefficient (Wildman–Crippen LogP) is 2.62. The van der Waals surface area contributed by atoms with E-state index in [0.29, 0.717) is 6.42 Å². The Labute approximate surface area is 107 Å². The number of amides is 2. The molecule has 0 aromatic heterocycles. The molecular formula is C12H11F3N2O2. The number of nitrogens with zero attached hydrogens (tertiary/aromatic N) is 1. The molecular weight excluding hydrogens is 261 g/mol. The van der Waals surface area contributed by atoms with E-state index in [1.807, 2.05) is 0 Å². The van der Waals surface area contributed by atoms with E-state index in [0.717, 1.165) is 11.0 Å². The number of hydrogen-bond acceptors (Lipinski definition) is 3. The van der Waals surface area contributed by atoms with Gasteiger partial charge in [-0.15, -0.1) is 0 Å². The summed E-state index contributed by atoms with van der Waals surface area (Å²) in [4.78, 5) is 24.9. The second-order valence-electron chi connectivity index (χ2n) is 4.11. The van der Waals surface area contributed by atoms with Crippen LogP contribution in [0.15, 0.2) is 18.2 Å². The number of halogens is 3. The highest BCUT2D eigenvalue weighted by atomic mass is 19.4. The molecule has 0 fully saturated rings. The maximum atomic E-state index is 12.4. The number of benzene rings is 1. The van der Waals surface area contributed by atoms with Crippen LogP contribution in [0.3, 0.4) is 0 Å². The molecule has 19 heavy (non-hydrogen) atoms. The quantitative estimate of drug-likeness (QED) is 0.679. The highest BCUT2D eigenvalue weighted by Gasteiger charge is 2.39. The molecule has 0 radical (unpaired) electrons. The van der Waals surface area contributed by atoms with Gasteiger partial charge in [-0.05, 0) is 18.6 Å². The van der Waals surface area contributed by atoms with Gasteiger partial charge in [-0.1, -0.05) is 13.0 Å². The molecule has 102 valence electrons. The van der Waals surface area contributed by atoms with Gasteiger partial charge in [0.05, 0.1) is 16.8 Å². The molecule has 1 heterocycles. The van der Waals surface area contributed by atoms with Crippen LogP contribution < -0.4 is 5.32 Å². The number of alkyl halides is 3. The van der Waals surface area contributed by atoms with Crippen LogP contribution in [-0.4, -0.2) is 29.6 Å². The lowest BCUT2D eigenvalue weighted by Crippen LogP contribution is -2.30. The van der Waals surface area contributed by atoms with Crippen LogP contribution in [0.5, 0.6) is 0 Å². The highest BCUT2D eigenvalue weighted by Crippen LogP contribution is 2.32. The van der Waals surface area contributed by atoms with E-state index in [1.165, 1.54) is 17.4 Å². The number of fused-ring (bicyclic) bond motifs is 1. The Balaban J connectivity index is 2.45. The van der Waals surface area contributed by atoms with Crippen LogP contribution in [-0.2, 0) is 0 Å². The molecule has 1 aliphatic rings. The van der Waals surface area contributed by atoms with Gasteiger partial charge in [0, 0.05) is 6.54 Å². The zero-order chi connectivity index (χ0) is 14.2. The fraction of sp³-hybridized carbons (Fsp3) is 0.333. The Morgan fingerprint density at radius 3 is 2.47 bits per heavy atom. The number of rotatable bonds is 3. The molecule has 2 amide bonds. The van der Waals surface area contributed by atoms with Crippen molar-refractivity contribution < 1.29 is 22.8 Å². The number of imide groups is 1. The van der Waals surface area contributed by atoms with E-state index in [9.17, 15) is 22.8 Å². The Morgan fingerprint density at radius 2 is 1.89 bits per heavy atom. The monoisotopic (exact) mass is 272 g/mol. The Hall–Kier alpha value is -2.05. The van der Waals surface area contributed by atoms with E-state index < -0.39 is 18.1 Å². The van der Waals surface area contributed by atoms with Crippen molar-refractivity contribution in [3.63, 3.8) is 0 Å². The van der Waals surface area contributed by atoms with Crippen molar-refractivity contribution in [3.05, 3.63) is 29.3 Å². The van der Waals surface area contributed by atoms with Crippen LogP contribution in [0.4, 0.5) is 18.9 Å². The zero-order valence-corrected chi connectivity index (χ0v) is 10.0. The first-order valence-electron chi connectivity index (χ1n) is 5.69. The molecule has 0 bridgehead atoms. The third kappa shape index (κ3) is 2.40. The number of nitrogens with one attached hydrogen (secondary N) is 1. The van der Waals surface area contributed by atoms with Crippen molar-refractivity contribution in [2.24, 2.45) is 0 Å². The molecule has 1 N–H and O–H groups in total. The second kappa shape index (κ2) is 4.56. The summed E-state index contributed by atoms with van der Waals surface area (Å²) in [5, 5.41) is 1.30. The van der Waals surface area contributed by atoms with Crippen LogP contribution >= 0.6 is 0 Å². The zero-order valence-electron chi connectivity index (χ0n) is 10.0. The van der Waals surface area contributed by atoms with Gasteiger partial charge in [0.15, 0.2) is 0 Å². The normalized spacial score (nSPS) is 14.8. The molecule has 1 aromatic carbocycles. The van der Waals surface area contributed by atoms with E-state index in [4.69, 9.17) is 0 Å². The summed E-state index contributed by atoms with van der Waals surface area (Å²) in [6.07, 6.45) is -4.11. The van der Waals surface area contributed by atoms with Gasteiger partial charge < -0.3 is 0 Å². The molecule has 0 saturated carbocycles. The van der Waals surface area contributed by atoms with Crippen molar-refractivity contribution in [1.82, 2.24) is 4.90 Å². The largest absolute Gasteiger partial charge is 0.482 e. The summed E-state index contributed by atoms with van der Waals surface area (Å²) in [6, 6.07) is 3.80. The minimum Gasteiger partial charge on any atom is -0.297 e. The fourth-order valence-electron chi connectivity index (χ4n) is 2.02. The Kier molecular flexibility index (Phi) is 3.21. The van der Waals surface area contributed by atoms with E-state index in [2.05, 4.69) is 0 Å². The number of hydrogen-bond donors (Lipinski definition) is 1. The molecule has 0 unspecified atom stereocenters. The maximum absolute atomic E-state index is 12.4. The van der Waals surface area contributed by atoms with Gasteiger partial charge in [-0.25, -0.2) is 0 Å². The lowest BCUT2D eigenvalue weighted by molar-refractivity contribution is -0.0999. The van der Waals surface area contributed by atoms with Crippen LogP contribution in [0.25, 0.3) is 0 Å². The third-order valence-corrected chi connectivity index (χ3v) is 2.72. The standard InChI is InChI=1S/C12H11F3N2O2/c1-2-6-17-10(18)7-4-3-5-8(9(7)11(17)19)16-12(13,14)15/h3-5,16H,2,6H2,1H3. The Morgan fingerprint density at radius 1 is 1.21 bits per heavy atom. The summed E-state index contributed by atoms with van der Waals surface area (Å²) < 4.78 is 37.1. The molecule has 2 rings (SSSR count). The summed E-state index contributed by atoms with van der Waals surface area (Å²) in [7, 11) is 0. The van der Waals surface area contributed by atoms with Crippen molar-refractivity contribution in [3.8, 4) is 0 Å². The van der Waals surface area contributed by atoms with Crippen molar-refractivity contribution in [2.75, 3.05) is 11.9 Å². The smallest absolute Gasteiger partial charge is 0.297 e. The van der Waals surface area contributed by atoms with Gasteiger partial charge in [0.2, 0.25) is 0 Å². The van der Waals surface area contributed by atoms with Gasteiger partial charge in [0.1, 0.15) is 0 Å². The molecule has 0 spiro atoms. The van der Waals surface area contributed by atoms with E-state index in [1.54, 1.807) is 6.92 Å². The van der Waals surface area contributed by atoms with Gasteiger partial charge in [-0.3, -0.25) is 19.8 Å². The van der Waals surface area contributed by atoms with Crippen LogP contribution in [0.2, 0.25) is 0 Å². The summed E-state index contributed by atoms with van der Waals surface area (Å²) in [6.45, 7) is 1.97. The lowest BCUT2D eigenvalue weighted by atomic mass is 10.1. The SMILES string of the molecule is CCCN1C(=O)c2cccc(NC(F)(F)F)c2C1=O.